The van der Waals surface area contributed by atoms with Crippen LogP contribution in [0.25, 0.3) is 27.7 Å². The van der Waals surface area contributed by atoms with E-state index in [1.807, 2.05) is 0 Å². The lowest BCUT2D eigenvalue weighted by molar-refractivity contribution is 0.573. The van der Waals surface area contributed by atoms with Gasteiger partial charge in [-0.15, -0.1) is 0 Å². The van der Waals surface area contributed by atoms with E-state index >= 15 is 0 Å². The lowest BCUT2D eigenvalue weighted by Crippen LogP contribution is -2.28. The molecule has 40 heavy (non-hydrogen) atoms. The third-order valence-electron chi connectivity index (χ3n) is 8.56. The predicted molar refractivity (Wildman–Crippen MR) is 165 cm³/mol. The molecule has 0 saturated carbocycles. The van der Waals surface area contributed by atoms with Gasteiger partial charge >= 0.3 is 0 Å². The van der Waals surface area contributed by atoms with Crippen molar-refractivity contribution in [1.82, 2.24) is 9.88 Å². The largest absolute Gasteiger partial charge is 0.361 e. The summed E-state index contributed by atoms with van der Waals surface area (Å²) in [4.78, 5) is 0. The molecule has 0 spiro atoms. The molecule has 2 aliphatic rings. The van der Waals surface area contributed by atoms with E-state index in [0.717, 1.165) is 5.70 Å². The highest BCUT2D eigenvalue weighted by Gasteiger charge is 2.46. The molecule has 1 aliphatic carbocycles. The smallest absolute Gasteiger partial charge is 0.123 e. The molecule has 1 atom stereocenters. The van der Waals surface area contributed by atoms with Gasteiger partial charge in [0.1, 0.15) is 6.17 Å². The molecule has 6 aromatic rings. The summed E-state index contributed by atoms with van der Waals surface area (Å²) in [6, 6.07) is 48.5. The van der Waals surface area contributed by atoms with Crippen LogP contribution in [-0.2, 0) is 5.41 Å². The fourth-order valence-corrected chi connectivity index (χ4v) is 6.89. The van der Waals surface area contributed by atoms with Gasteiger partial charge in [-0.1, -0.05) is 127 Å². The topological polar surface area (TPSA) is 17.0 Å². The summed E-state index contributed by atoms with van der Waals surface area (Å²) < 4.78 is 2.36. The van der Waals surface area contributed by atoms with Gasteiger partial charge in [0, 0.05) is 17.3 Å². The third-order valence-corrected chi connectivity index (χ3v) is 8.56. The molecule has 1 unspecified atom stereocenters. The van der Waals surface area contributed by atoms with Gasteiger partial charge in [0.15, 0.2) is 0 Å². The second-order valence-corrected chi connectivity index (χ2v) is 10.6. The molecule has 0 amide bonds. The maximum absolute atomic E-state index is 3.76. The van der Waals surface area contributed by atoms with E-state index < -0.39 is 0 Å². The lowest BCUT2D eigenvalue weighted by atomic mass is 9.67. The quantitative estimate of drug-likeness (QED) is 0.250. The van der Waals surface area contributed by atoms with Crippen LogP contribution >= 0.6 is 0 Å². The molecular weight excluding hydrogens is 484 g/mol. The van der Waals surface area contributed by atoms with Crippen LogP contribution in [0.2, 0.25) is 0 Å². The molecule has 8 rings (SSSR count). The van der Waals surface area contributed by atoms with E-state index in [9.17, 15) is 0 Å². The Labute approximate surface area is 234 Å². The van der Waals surface area contributed by atoms with Gasteiger partial charge < -0.3 is 9.88 Å². The Morgan fingerprint density at radius 3 is 1.98 bits per heavy atom. The highest BCUT2D eigenvalue weighted by Crippen LogP contribution is 2.57. The Morgan fingerprint density at radius 1 is 0.600 bits per heavy atom. The van der Waals surface area contributed by atoms with Gasteiger partial charge in [0.05, 0.1) is 10.9 Å². The highest BCUT2D eigenvalue weighted by molar-refractivity contribution is 6.03. The Hall–Kier alpha value is -5.08. The summed E-state index contributed by atoms with van der Waals surface area (Å²) in [6.07, 6.45) is 8.80. The van der Waals surface area contributed by atoms with Crippen molar-refractivity contribution in [2.75, 3.05) is 0 Å². The number of dihydropyridines is 1. The number of rotatable bonds is 4. The van der Waals surface area contributed by atoms with Crippen molar-refractivity contribution in [2.45, 2.75) is 11.6 Å². The molecule has 1 aliphatic heterocycles. The fourth-order valence-electron chi connectivity index (χ4n) is 6.89. The second kappa shape index (κ2) is 9.00. The number of benzene rings is 5. The van der Waals surface area contributed by atoms with Crippen LogP contribution in [0, 0.1) is 0 Å². The number of nitrogens with zero attached hydrogens (tertiary/aromatic N) is 1. The minimum absolute atomic E-state index is 0.0282. The fraction of sp³-hybridized carbons (Fsp3) is 0.0526. The van der Waals surface area contributed by atoms with E-state index in [1.165, 1.54) is 49.8 Å². The van der Waals surface area contributed by atoms with Crippen LogP contribution in [0.5, 0.6) is 0 Å². The van der Waals surface area contributed by atoms with Gasteiger partial charge in [-0.3, -0.25) is 0 Å². The summed E-state index contributed by atoms with van der Waals surface area (Å²) in [7, 11) is 0. The van der Waals surface area contributed by atoms with Crippen molar-refractivity contribution in [1.29, 1.82) is 0 Å². The zero-order valence-corrected chi connectivity index (χ0v) is 22.0. The Bertz CT molecular complexity index is 1870. The summed E-state index contributed by atoms with van der Waals surface area (Å²) in [5.74, 6) is 0. The number of aromatic nitrogens is 1. The molecule has 0 saturated heterocycles. The zero-order valence-electron chi connectivity index (χ0n) is 22.0. The molecule has 0 fully saturated rings. The van der Waals surface area contributed by atoms with Crippen molar-refractivity contribution in [3.8, 4) is 11.1 Å². The first-order valence-corrected chi connectivity index (χ1v) is 13.9. The number of allylic oxidation sites excluding steroid dienone is 2. The molecule has 1 aromatic heterocycles. The van der Waals surface area contributed by atoms with E-state index in [-0.39, 0.29) is 11.6 Å². The van der Waals surface area contributed by atoms with Gasteiger partial charge in [0.2, 0.25) is 0 Å². The van der Waals surface area contributed by atoms with Gasteiger partial charge in [0.25, 0.3) is 0 Å². The maximum Gasteiger partial charge on any atom is 0.123 e. The average Bonchev–Trinajstić information content (AvgIpc) is 3.60. The van der Waals surface area contributed by atoms with Crippen LogP contribution < -0.4 is 5.32 Å². The van der Waals surface area contributed by atoms with Crippen molar-refractivity contribution in [3.63, 3.8) is 0 Å². The molecule has 190 valence electrons. The van der Waals surface area contributed by atoms with E-state index in [2.05, 4.69) is 168 Å². The van der Waals surface area contributed by atoms with Crippen LogP contribution in [0.1, 0.15) is 34.0 Å². The zero-order chi connectivity index (χ0) is 26.5. The summed E-state index contributed by atoms with van der Waals surface area (Å²) >= 11 is 0. The van der Waals surface area contributed by atoms with Gasteiger partial charge in [-0.25, -0.2) is 0 Å². The molecule has 2 heteroatoms. The van der Waals surface area contributed by atoms with E-state index in [0.29, 0.717) is 0 Å². The first-order chi connectivity index (χ1) is 19.9. The van der Waals surface area contributed by atoms with E-state index in [1.54, 1.807) is 0 Å². The Morgan fingerprint density at radius 2 is 1.25 bits per heavy atom. The molecule has 1 N–H and O–H groups in total. The minimum Gasteiger partial charge on any atom is -0.361 e. The highest BCUT2D eigenvalue weighted by atomic mass is 15.2. The van der Waals surface area contributed by atoms with Gasteiger partial charge in [-0.05, 0) is 63.2 Å². The van der Waals surface area contributed by atoms with Crippen LogP contribution in [-0.4, -0.2) is 4.57 Å². The Kier molecular flexibility index (Phi) is 5.14. The monoisotopic (exact) mass is 512 g/mol. The number of hydrogen-bond acceptors (Lipinski definition) is 1. The average molecular weight is 513 g/mol. The summed E-state index contributed by atoms with van der Waals surface area (Å²) in [5.41, 5.74) is 11.1. The normalized spacial score (nSPS) is 16.7. The first-order valence-electron chi connectivity index (χ1n) is 13.9. The van der Waals surface area contributed by atoms with Gasteiger partial charge in [-0.2, -0.15) is 0 Å². The SMILES string of the molecule is C1=CC(n2ccc3c4c(ccc32)C(c2ccccc2)(c2ccccc2)c2ccccc2-4)NC(c2ccccc2)=C1. The molecule has 0 radical (unpaired) electrons. The molecule has 0 bridgehead atoms. The Balaban J connectivity index is 1.34. The summed E-state index contributed by atoms with van der Waals surface area (Å²) in [5, 5.41) is 5.04. The van der Waals surface area contributed by atoms with Crippen molar-refractivity contribution in [2.24, 2.45) is 0 Å². The molecule has 5 aromatic carbocycles. The number of fused-ring (bicyclic) bond motifs is 5. The van der Waals surface area contributed by atoms with Crippen molar-refractivity contribution < 1.29 is 0 Å². The number of nitrogens with one attached hydrogen (secondary N) is 1. The second-order valence-electron chi connectivity index (χ2n) is 10.6. The standard InChI is InChI=1S/C38H28N2/c1-4-13-27(14-5-1)34-21-12-22-36(39-34)40-26-25-31-35(40)24-23-33-37(31)30-19-10-11-20-32(30)38(33,28-15-6-2-7-16-28)29-17-8-3-9-18-29/h1-26,36,39H. The third kappa shape index (κ3) is 3.23. The molecule has 2 nitrogen and oxygen atoms in total. The number of hydrogen-bond donors (Lipinski definition) is 1. The van der Waals surface area contributed by atoms with Crippen LogP contribution in [0.3, 0.4) is 0 Å². The molecular formula is C38H28N2. The van der Waals surface area contributed by atoms with Crippen LogP contribution in [0.4, 0.5) is 0 Å². The van der Waals surface area contributed by atoms with Crippen LogP contribution in [0.15, 0.2) is 158 Å². The lowest BCUT2D eigenvalue weighted by Gasteiger charge is -2.33. The van der Waals surface area contributed by atoms with Crippen molar-refractivity contribution >= 4 is 16.6 Å². The maximum atomic E-state index is 3.76. The predicted octanol–water partition coefficient (Wildman–Crippen LogP) is 8.70. The molecule has 2 heterocycles. The van der Waals surface area contributed by atoms with E-state index in [4.69, 9.17) is 0 Å². The summed E-state index contributed by atoms with van der Waals surface area (Å²) in [6.45, 7) is 0. The minimum atomic E-state index is -0.378. The first kappa shape index (κ1) is 22.9. The van der Waals surface area contributed by atoms with Crippen molar-refractivity contribution in [3.05, 3.63) is 186 Å².